The molecule has 1 atom stereocenters. The van der Waals surface area contributed by atoms with Gasteiger partial charge in [0.25, 0.3) is 0 Å². The summed E-state index contributed by atoms with van der Waals surface area (Å²) in [7, 11) is 0. The summed E-state index contributed by atoms with van der Waals surface area (Å²) in [6.45, 7) is 11.5. The van der Waals surface area contributed by atoms with Gasteiger partial charge in [0.1, 0.15) is 0 Å². The van der Waals surface area contributed by atoms with Crippen LogP contribution in [0.5, 0.6) is 0 Å². The van der Waals surface area contributed by atoms with E-state index >= 15 is 0 Å². The fraction of sp³-hybridized carbons (Fsp3) is 0.929. The molecule has 0 fully saturated rings. The number of rotatable bonds is 7. The first-order valence-corrected chi connectivity index (χ1v) is 6.80. The van der Waals surface area contributed by atoms with Crippen LogP contribution in [0.1, 0.15) is 60.3 Å². The maximum Gasteiger partial charge on any atom is 0.221 e. The highest BCUT2D eigenvalue weighted by molar-refractivity contribution is 5.76. The molecule has 3 nitrogen and oxygen atoms in total. The first-order chi connectivity index (χ1) is 7.78. The summed E-state index contributed by atoms with van der Waals surface area (Å²) >= 11 is 0. The van der Waals surface area contributed by atoms with E-state index in [1.165, 1.54) is 0 Å². The average molecular weight is 242 g/mol. The van der Waals surface area contributed by atoms with Crippen LogP contribution in [0.25, 0.3) is 0 Å². The highest BCUT2D eigenvalue weighted by Gasteiger charge is 2.18. The Morgan fingerprint density at radius 1 is 1.24 bits per heavy atom. The van der Waals surface area contributed by atoms with Crippen molar-refractivity contribution >= 4 is 5.91 Å². The van der Waals surface area contributed by atoms with E-state index in [9.17, 15) is 4.79 Å². The standard InChI is InChI=1S/C14H30N2O/c1-6-11(7-2)10-16-13(17)8-12(15)9-14(3,4)5/h11-12H,6-10,15H2,1-5H3,(H,16,17). The van der Waals surface area contributed by atoms with Crippen molar-refractivity contribution in [1.29, 1.82) is 0 Å². The van der Waals surface area contributed by atoms with E-state index in [0.717, 1.165) is 25.8 Å². The van der Waals surface area contributed by atoms with Gasteiger partial charge in [0.2, 0.25) is 5.91 Å². The lowest BCUT2D eigenvalue weighted by Crippen LogP contribution is -2.36. The van der Waals surface area contributed by atoms with Gasteiger partial charge in [-0.3, -0.25) is 4.79 Å². The summed E-state index contributed by atoms with van der Waals surface area (Å²) in [5, 5.41) is 2.98. The molecule has 0 bridgehead atoms. The van der Waals surface area contributed by atoms with E-state index in [4.69, 9.17) is 5.73 Å². The SMILES string of the molecule is CCC(CC)CNC(=O)CC(N)CC(C)(C)C. The number of nitrogens with two attached hydrogens (primary N) is 1. The zero-order chi connectivity index (χ0) is 13.5. The molecule has 0 saturated heterocycles. The third-order valence-corrected chi connectivity index (χ3v) is 3.06. The minimum Gasteiger partial charge on any atom is -0.356 e. The number of carbonyl (C=O) groups excluding carboxylic acids is 1. The van der Waals surface area contributed by atoms with Gasteiger partial charge < -0.3 is 11.1 Å². The number of hydrogen-bond acceptors (Lipinski definition) is 2. The second kappa shape index (κ2) is 7.70. The average Bonchev–Trinajstić information content (AvgIpc) is 2.16. The second-order valence-electron chi connectivity index (χ2n) is 6.22. The molecule has 1 unspecified atom stereocenters. The second-order valence-corrected chi connectivity index (χ2v) is 6.22. The van der Waals surface area contributed by atoms with E-state index < -0.39 is 0 Å². The monoisotopic (exact) mass is 242 g/mol. The van der Waals surface area contributed by atoms with Gasteiger partial charge in [-0.25, -0.2) is 0 Å². The third-order valence-electron chi connectivity index (χ3n) is 3.06. The topological polar surface area (TPSA) is 55.1 Å². The molecule has 0 heterocycles. The van der Waals surface area contributed by atoms with Crippen LogP contribution >= 0.6 is 0 Å². The molecule has 0 aliphatic heterocycles. The Labute approximate surface area is 107 Å². The Morgan fingerprint density at radius 3 is 2.18 bits per heavy atom. The third kappa shape index (κ3) is 9.16. The van der Waals surface area contributed by atoms with Gasteiger partial charge in [-0.1, -0.05) is 47.5 Å². The molecule has 0 radical (unpaired) electrons. The normalized spacial score (nSPS) is 13.8. The molecule has 3 N–H and O–H groups in total. The minimum absolute atomic E-state index is 0.0308. The van der Waals surface area contributed by atoms with Gasteiger partial charge >= 0.3 is 0 Å². The highest BCUT2D eigenvalue weighted by atomic mass is 16.1. The van der Waals surface area contributed by atoms with Crippen molar-refractivity contribution in [2.24, 2.45) is 17.1 Å². The van der Waals surface area contributed by atoms with Crippen LogP contribution in [0.3, 0.4) is 0 Å². The van der Waals surface area contributed by atoms with Crippen LogP contribution in [0.15, 0.2) is 0 Å². The fourth-order valence-electron chi connectivity index (χ4n) is 2.00. The van der Waals surface area contributed by atoms with E-state index in [-0.39, 0.29) is 17.4 Å². The van der Waals surface area contributed by atoms with Crippen LogP contribution in [-0.2, 0) is 4.79 Å². The lowest BCUT2D eigenvalue weighted by Gasteiger charge is -2.23. The molecule has 0 saturated carbocycles. The van der Waals surface area contributed by atoms with Crippen molar-refractivity contribution in [3.05, 3.63) is 0 Å². The number of nitrogens with one attached hydrogen (secondary N) is 1. The fourth-order valence-corrected chi connectivity index (χ4v) is 2.00. The summed E-state index contributed by atoms with van der Waals surface area (Å²) in [6, 6.07) is -0.0308. The van der Waals surface area contributed by atoms with Crippen LogP contribution in [0.4, 0.5) is 0 Å². The molecule has 0 aromatic rings. The van der Waals surface area contributed by atoms with Crippen molar-refractivity contribution < 1.29 is 4.79 Å². The zero-order valence-corrected chi connectivity index (χ0v) is 12.2. The Hall–Kier alpha value is -0.570. The quantitative estimate of drug-likeness (QED) is 0.721. The van der Waals surface area contributed by atoms with Gasteiger partial charge in [0.05, 0.1) is 0 Å². The molecular weight excluding hydrogens is 212 g/mol. The van der Waals surface area contributed by atoms with E-state index in [1.807, 2.05) is 0 Å². The Morgan fingerprint density at radius 2 is 1.76 bits per heavy atom. The first-order valence-electron chi connectivity index (χ1n) is 6.80. The Kier molecular flexibility index (Phi) is 7.44. The highest BCUT2D eigenvalue weighted by Crippen LogP contribution is 2.20. The van der Waals surface area contributed by atoms with Gasteiger partial charge in [0.15, 0.2) is 0 Å². The van der Waals surface area contributed by atoms with Crippen molar-refractivity contribution in [3.63, 3.8) is 0 Å². The van der Waals surface area contributed by atoms with Crippen molar-refractivity contribution in [2.75, 3.05) is 6.54 Å². The van der Waals surface area contributed by atoms with Crippen molar-refractivity contribution in [3.8, 4) is 0 Å². The molecule has 0 aromatic heterocycles. The maximum absolute atomic E-state index is 11.7. The van der Waals surface area contributed by atoms with Crippen LogP contribution < -0.4 is 11.1 Å². The van der Waals surface area contributed by atoms with Gasteiger partial charge in [-0.05, 0) is 17.8 Å². The summed E-state index contributed by atoms with van der Waals surface area (Å²) in [4.78, 5) is 11.7. The molecule has 0 rings (SSSR count). The molecule has 3 heteroatoms. The van der Waals surface area contributed by atoms with Crippen LogP contribution in [0, 0.1) is 11.3 Å². The lowest BCUT2D eigenvalue weighted by molar-refractivity contribution is -0.121. The van der Waals surface area contributed by atoms with E-state index in [2.05, 4.69) is 39.9 Å². The largest absolute Gasteiger partial charge is 0.356 e. The molecule has 102 valence electrons. The van der Waals surface area contributed by atoms with Crippen LogP contribution in [0.2, 0.25) is 0 Å². The Balaban J connectivity index is 3.86. The Bertz CT molecular complexity index is 217. The van der Waals surface area contributed by atoms with E-state index in [0.29, 0.717) is 12.3 Å². The molecule has 0 aliphatic rings. The summed E-state index contributed by atoms with van der Waals surface area (Å²) in [5.41, 5.74) is 6.16. The summed E-state index contributed by atoms with van der Waals surface area (Å²) in [5.74, 6) is 0.687. The summed E-state index contributed by atoms with van der Waals surface area (Å²) < 4.78 is 0. The lowest BCUT2D eigenvalue weighted by atomic mass is 9.87. The molecule has 0 aromatic carbocycles. The summed E-state index contributed by atoms with van der Waals surface area (Å²) in [6.07, 6.45) is 3.55. The van der Waals surface area contributed by atoms with Crippen molar-refractivity contribution in [1.82, 2.24) is 5.32 Å². The zero-order valence-electron chi connectivity index (χ0n) is 12.2. The van der Waals surface area contributed by atoms with Gasteiger partial charge in [-0.15, -0.1) is 0 Å². The smallest absolute Gasteiger partial charge is 0.221 e. The molecule has 0 spiro atoms. The first kappa shape index (κ1) is 16.4. The maximum atomic E-state index is 11.7. The molecule has 0 aliphatic carbocycles. The van der Waals surface area contributed by atoms with Gasteiger partial charge in [-0.2, -0.15) is 0 Å². The molecule has 17 heavy (non-hydrogen) atoms. The van der Waals surface area contributed by atoms with Crippen molar-refractivity contribution in [2.45, 2.75) is 66.3 Å². The number of hydrogen-bond donors (Lipinski definition) is 2. The minimum atomic E-state index is -0.0308. The number of amides is 1. The molecule has 1 amide bonds. The van der Waals surface area contributed by atoms with E-state index in [1.54, 1.807) is 0 Å². The predicted molar refractivity (Wildman–Crippen MR) is 73.7 cm³/mol. The van der Waals surface area contributed by atoms with Crippen LogP contribution in [-0.4, -0.2) is 18.5 Å². The predicted octanol–water partition coefficient (Wildman–Crippen LogP) is 2.69. The molecular formula is C14H30N2O. The van der Waals surface area contributed by atoms with Gasteiger partial charge in [0, 0.05) is 19.0 Å². The number of carbonyl (C=O) groups is 1.